The van der Waals surface area contributed by atoms with Crippen molar-refractivity contribution in [2.45, 2.75) is 13.8 Å². The summed E-state index contributed by atoms with van der Waals surface area (Å²) in [6, 6.07) is 16.9. The highest BCUT2D eigenvalue weighted by Crippen LogP contribution is 2.26. The molecule has 0 saturated carbocycles. The van der Waals surface area contributed by atoms with Gasteiger partial charge in [0.25, 0.3) is 0 Å². The number of fused-ring (bicyclic) bond motifs is 1. The average Bonchev–Trinajstić information content (AvgIpc) is 3.13. The van der Waals surface area contributed by atoms with Crippen molar-refractivity contribution in [1.82, 2.24) is 19.7 Å². The Balaban J connectivity index is 1.73. The summed E-state index contributed by atoms with van der Waals surface area (Å²) in [6.07, 6.45) is 1.74. The Morgan fingerprint density at radius 1 is 1.11 bits per heavy atom. The van der Waals surface area contributed by atoms with Crippen molar-refractivity contribution >= 4 is 28.5 Å². The first-order chi connectivity index (χ1) is 13.7. The first kappa shape index (κ1) is 17.7. The third kappa shape index (κ3) is 3.42. The van der Waals surface area contributed by atoms with Crippen molar-refractivity contribution in [3.8, 4) is 5.69 Å². The van der Waals surface area contributed by atoms with Crippen LogP contribution in [0, 0.1) is 6.92 Å². The molecule has 2 heterocycles. The molecule has 0 aliphatic rings. The maximum Gasteiger partial charge on any atom is 0.338 e. The van der Waals surface area contributed by atoms with Gasteiger partial charge in [-0.25, -0.2) is 19.4 Å². The lowest BCUT2D eigenvalue weighted by molar-refractivity contribution is 0.0526. The van der Waals surface area contributed by atoms with E-state index in [-0.39, 0.29) is 5.97 Å². The molecular formula is C21H19N5O2. The fourth-order valence-electron chi connectivity index (χ4n) is 2.95. The Labute approximate surface area is 162 Å². The van der Waals surface area contributed by atoms with Gasteiger partial charge in [-0.3, -0.25) is 0 Å². The van der Waals surface area contributed by atoms with E-state index in [2.05, 4.69) is 20.4 Å². The van der Waals surface area contributed by atoms with Crippen molar-refractivity contribution in [2.24, 2.45) is 0 Å². The third-order valence-corrected chi connectivity index (χ3v) is 4.18. The van der Waals surface area contributed by atoms with Gasteiger partial charge >= 0.3 is 5.97 Å². The number of para-hydroxylation sites is 1. The molecule has 7 nitrogen and oxygen atoms in total. The summed E-state index contributed by atoms with van der Waals surface area (Å²) >= 11 is 0. The fourth-order valence-corrected chi connectivity index (χ4v) is 2.95. The van der Waals surface area contributed by atoms with Gasteiger partial charge in [0.15, 0.2) is 5.65 Å². The average molecular weight is 373 g/mol. The number of esters is 1. The van der Waals surface area contributed by atoms with Gasteiger partial charge in [-0.2, -0.15) is 5.10 Å². The minimum Gasteiger partial charge on any atom is -0.462 e. The molecule has 140 valence electrons. The molecule has 0 atom stereocenters. The van der Waals surface area contributed by atoms with Crippen LogP contribution in [0.5, 0.6) is 0 Å². The van der Waals surface area contributed by atoms with Gasteiger partial charge in [-0.1, -0.05) is 24.3 Å². The lowest BCUT2D eigenvalue weighted by atomic mass is 10.2. The zero-order chi connectivity index (χ0) is 19.5. The van der Waals surface area contributed by atoms with Gasteiger partial charge in [0.1, 0.15) is 11.6 Å². The second-order valence-corrected chi connectivity index (χ2v) is 6.17. The minimum absolute atomic E-state index is 0.334. The lowest BCUT2D eigenvalue weighted by Gasteiger charge is -2.10. The first-order valence-corrected chi connectivity index (χ1v) is 8.97. The van der Waals surface area contributed by atoms with Crippen molar-refractivity contribution in [2.75, 3.05) is 11.9 Å². The smallest absolute Gasteiger partial charge is 0.338 e. The van der Waals surface area contributed by atoms with Gasteiger partial charge in [0.05, 0.1) is 29.4 Å². The molecule has 2 aromatic carbocycles. The first-order valence-electron chi connectivity index (χ1n) is 8.97. The molecule has 0 radical (unpaired) electrons. The summed E-state index contributed by atoms with van der Waals surface area (Å²) in [7, 11) is 0. The summed E-state index contributed by atoms with van der Waals surface area (Å²) in [5.74, 6) is 0.895. The molecule has 28 heavy (non-hydrogen) atoms. The van der Waals surface area contributed by atoms with E-state index in [1.165, 1.54) is 0 Å². The highest BCUT2D eigenvalue weighted by Gasteiger charge is 2.14. The number of hydrogen-bond acceptors (Lipinski definition) is 6. The monoisotopic (exact) mass is 373 g/mol. The van der Waals surface area contributed by atoms with E-state index in [0.29, 0.717) is 29.5 Å². The second-order valence-electron chi connectivity index (χ2n) is 6.17. The van der Waals surface area contributed by atoms with Crippen molar-refractivity contribution < 1.29 is 9.53 Å². The van der Waals surface area contributed by atoms with E-state index in [9.17, 15) is 4.79 Å². The van der Waals surface area contributed by atoms with Crippen molar-refractivity contribution in [3.63, 3.8) is 0 Å². The number of carbonyl (C=O) groups is 1. The third-order valence-electron chi connectivity index (χ3n) is 4.18. The SMILES string of the molecule is CCOC(=O)c1cccc(Nc2nc(C)nc3c2cnn3-c2ccccc2)c1. The normalized spacial score (nSPS) is 10.8. The largest absolute Gasteiger partial charge is 0.462 e. The highest BCUT2D eigenvalue weighted by atomic mass is 16.5. The molecule has 4 aromatic rings. The predicted molar refractivity (Wildman–Crippen MR) is 107 cm³/mol. The number of carbonyl (C=O) groups excluding carboxylic acids is 1. The number of anilines is 2. The molecule has 0 fully saturated rings. The predicted octanol–water partition coefficient (Wildman–Crippen LogP) is 4.04. The molecule has 0 saturated heterocycles. The molecule has 0 unspecified atom stereocenters. The number of hydrogen-bond donors (Lipinski definition) is 1. The van der Waals surface area contributed by atoms with Gasteiger partial charge in [-0.15, -0.1) is 0 Å². The standard InChI is InChI=1S/C21H19N5O2/c1-3-28-21(27)15-8-7-9-16(12-15)25-19-18-13-22-26(17-10-5-4-6-11-17)20(18)24-14(2)23-19/h4-13H,3H2,1-2H3,(H,23,24,25). The molecule has 0 aliphatic carbocycles. The maximum atomic E-state index is 12.0. The molecule has 0 amide bonds. The van der Waals surface area contributed by atoms with E-state index in [0.717, 1.165) is 16.8 Å². The van der Waals surface area contributed by atoms with Crippen LogP contribution in [0.3, 0.4) is 0 Å². The van der Waals surface area contributed by atoms with Crippen molar-refractivity contribution in [1.29, 1.82) is 0 Å². The van der Waals surface area contributed by atoms with Crippen LogP contribution in [0.2, 0.25) is 0 Å². The number of aromatic nitrogens is 4. The number of benzene rings is 2. The zero-order valence-electron chi connectivity index (χ0n) is 15.6. The molecule has 4 rings (SSSR count). The Morgan fingerprint density at radius 3 is 2.71 bits per heavy atom. The van der Waals surface area contributed by atoms with E-state index in [1.54, 1.807) is 36.0 Å². The number of rotatable bonds is 5. The van der Waals surface area contributed by atoms with Crippen LogP contribution in [0.4, 0.5) is 11.5 Å². The summed E-state index contributed by atoms with van der Waals surface area (Å²) in [6.45, 7) is 3.95. The quantitative estimate of drug-likeness (QED) is 0.532. The summed E-state index contributed by atoms with van der Waals surface area (Å²) < 4.78 is 6.85. The van der Waals surface area contributed by atoms with Crippen LogP contribution >= 0.6 is 0 Å². The second kappa shape index (κ2) is 7.48. The number of ether oxygens (including phenoxy) is 1. The van der Waals surface area contributed by atoms with Crippen molar-refractivity contribution in [3.05, 3.63) is 72.2 Å². The lowest BCUT2D eigenvalue weighted by Crippen LogP contribution is -2.05. The molecule has 0 bridgehead atoms. The van der Waals surface area contributed by atoms with Crippen LogP contribution in [0.25, 0.3) is 16.7 Å². The van der Waals surface area contributed by atoms with Gasteiger partial charge < -0.3 is 10.1 Å². The molecule has 1 N–H and O–H groups in total. The van der Waals surface area contributed by atoms with Gasteiger partial charge in [0.2, 0.25) is 0 Å². The Morgan fingerprint density at radius 2 is 1.93 bits per heavy atom. The van der Waals surface area contributed by atoms with E-state index in [1.807, 2.05) is 43.3 Å². The highest BCUT2D eigenvalue weighted by molar-refractivity contribution is 5.92. The van der Waals surface area contributed by atoms with Crippen LogP contribution < -0.4 is 5.32 Å². The van der Waals surface area contributed by atoms with Gasteiger partial charge in [0, 0.05) is 5.69 Å². The van der Waals surface area contributed by atoms with Crippen LogP contribution in [-0.2, 0) is 4.74 Å². The Hall–Kier alpha value is -3.74. The van der Waals surface area contributed by atoms with Gasteiger partial charge in [-0.05, 0) is 44.2 Å². The topological polar surface area (TPSA) is 81.9 Å². The van der Waals surface area contributed by atoms with Crippen LogP contribution in [0.15, 0.2) is 60.8 Å². The number of nitrogens with one attached hydrogen (secondary N) is 1. The summed E-state index contributed by atoms with van der Waals surface area (Å²) in [5.41, 5.74) is 2.85. The number of nitrogens with zero attached hydrogens (tertiary/aromatic N) is 4. The Kier molecular flexibility index (Phi) is 4.72. The summed E-state index contributed by atoms with van der Waals surface area (Å²) in [4.78, 5) is 21.1. The number of aryl methyl sites for hydroxylation is 1. The molecular weight excluding hydrogens is 354 g/mol. The molecule has 0 aliphatic heterocycles. The summed E-state index contributed by atoms with van der Waals surface area (Å²) in [5, 5.41) is 8.54. The Bertz CT molecular complexity index is 1140. The van der Waals surface area contributed by atoms with E-state index >= 15 is 0 Å². The molecule has 7 heteroatoms. The van der Waals surface area contributed by atoms with Crippen LogP contribution in [0.1, 0.15) is 23.1 Å². The maximum absolute atomic E-state index is 12.0. The molecule has 0 spiro atoms. The minimum atomic E-state index is -0.355. The van der Waals surface area contributed by atoms with E-state index < -0.39 is 0 Å². The fraction of sp³-hybridized carbons (Fsp3) is 0.143. The molecule has 2 aromatic heterocycles. The van der Waals surface area contributed by atoms with E-state index in [4.69, 9.17) is 4.74 Å². The van der Waals surface area contributed by atoms with Crippen LogP contribution in [-0.4, -0.2) is 32.3 Å². The zero-order valence-corrected chi connectivity index (χ0v) is 15.6.